The van der Waals surface area contributed by atoms with E-state index in [0.29, 0.717) is 12.8 Å². The Kier molecular flexibility index (Phi) is 4.27. The van der Waals surface area contributed by atoms with Crippen molar-refractivity contribution in [1.29, 1.82) is 0 Å². The van der Waals surface area contributed by atoms with E-state index in [2.05, 4.69) is 12.2 Å². The van der Waals surface area contributed by atoms with Crippen molar-refractivity contribution in [2.45, 2.75) is 57.4 Å². The summed E-state index contributed by atoms with van der Waals surface area (Å²) in [6.45, 7) is 2.08. The van der Waals surface area contributed by atoms with Crippen molar-refractivity contribution in [2.24, 2.45) is 11.8 Å². The van der Waals surface area contributed by atoms with E-state index >= 15 is 0 Å². The van der Waals surface area contributed by atoms with E-state index in [1.807, 2.05) is 12.2 Å². The van der Waals surface area contributed by atoms with Crippen LogP contribution in [-0.4, -0.2) is 22.5 Å². The Bertz CT molecular complexity index is 383. The number of hydrogen-bond donors (Lipinski definition) is 2. The molecule has 0 saturated heterocycles. The highest BCUT2D eigenvalue weighted by molar-refractivity contribution is 5.85. The molecule has 2 rings (SSSR count). The molecule has 2 atom stereocenters. The van der Waals surface area contributed by atoms with E-state index < -0.39 is 17.8 Å². The second-order valence-corrected chi connectivity index (χ2v) is 6.10. The zero-order valence-electron chi connectivity index (χ0n) is 11.5. The van der Waals surface area contributed by atoms with Gasteiger partial charge in [-0.05, 0) is 32.6 Å². The smallest absolute Gasteiger partial charge is 0.307 e. The molecule has 2 N–H and O–H groups in total. The number of carbonyl (C=O) groups is 2. The minimum atomic E-state index is -0.863. The van der Waals surface area contributed by atoms with Gasteiger partial charge in [-0.2, -0.15) is 0 Å². The second kappa shape index (κ2) is 5.76. The van der Waals surface area contributed by atoms with Gasteiger partial charge in [0.15, 0.2) is 0 Å². The SMILES string of the molecule is CC1(NC(=O)[C@@H]2CC=CC[C@@H]2C(=O)O)CCCCC1. The van der Waals surface area contributed by atoms with Crippen molar-refractivity contribution >= 4 is 11.9 Å². The number of rotatable bonds is 3. The summed E-state index contributed by atoms with van der Waals surface area (Å²) >= 11 is 0. The molecular formula is C15H23NO3. The van der Waals surface area contributed by atoms with Gasteiger partial charge in [-0.15, -0.1) is 0 Å². The minimum Gasteiger partial charge on any atom is -0.481 e. The average Bonchev–Trinajstić information content (AvgIpc) is 2.39. The van der Waals surface area contributed by atoms with Crippen LogP contribution in [0.15, 0.2) is 12.2 Å². The molecule has 106 valence electrons. The van der Waals surface area contributed by atoms with Crippen LogP contribution < -0.4 is 5.32 Å². The first kappa shape index (κ1) is 14.1. The number of hydrogen-bond acceptors (Lipinski definition) is 2. The van der Waals surface area contributed by atoms with Crippen molar-refractivity contribution in [3.8, 4) is 0 Å². The van der Waals surface area contributed by atoms with E-state index in [1.54, 1.807) is 0 Å². The van der Waals surface area contributed by atoms with Crippen molar-refractivity contribution < 1.29 is 14.7 Å². The molecule has 0 aromatic carbocycles. The fourth-order valence-electron chi connectivity index (χ4n) is 3.22. The molecule has 1 saturated carbocycles. The first-order valence-electron chi connectivity index (χ1n) is 7.22. The Morgan fingerprint density at radius 2 is 1.68 bits per heavy atom. The standard InChI is InChI=1S/C15H23NO3/c1-15(9-5-2-6-10-15)16-13(17)11-7-3-4-8-12(11)14(18)19/h3-4,11-12H,2,5-10H2,1H3,(H,16,17)(H,18,19)/t11-,12+/m1/s1. The Balaban J connectivity index is 2.01. The third-order valence-corrected chi connectivity index (χ3v) is 4.47. The third-order valence-electron chi connectivity index (χ3n) is 4.47. The molecule has 4 nitrogen and oxygen atoms in total. The molecular weight excluding hydrogens is 242 g/mol. The number of amides is 1. The predicted molar refractivity (Wildman–Crippen MR) is 72.6 cm³/mol. The lowest BCUT2D eigenvalue weighted by Crippen LogP contribution is -2.51. The van der Waals surface area contributed by atoms with Crippen molar-refractivity contribution in [2.75, 3.05) is 0 Å². The van der Waals surface area contributed by atoms with Crippen LogP contribution in [0.4, 0.5) is 0 Å². The van der Waals surface area contributed by atoms with Gasteiger partial charge in [0.05, 0.1) is 11.8 Å². The molecule has 0 aromatic rings. The number of carboxylic acid groups (broad SMARTS) is 1. The van der Waals surface area contributed by atoms with Crippen LogP contribution in [0.1, 0.15) is 51.9 Å². The maximum atomic E-state index is 12.4. The molecule has 0 unspecified atom stereocenters. The van der Waals surface area contributed by atoms with Crippen LogP contribution in [-0.2, 0) is 9.59 Å². The van der Waals surface area contributed by atoms with E-state index in [1.165, 1.54) is 6.42 Å². The number of carboxylic acids is 1. The molecule has 0 spiro atoms. The van der Waals surface area contributed by atoms with Gasteiger partial charge in [0, 0.05) is 5.54 Å². The Morgan fingerprint density at radius 1 is 1.11 bits per heavy atom. The van der Waals surface area contributed by atoms with Crippen LogP contribution >= 0.6 is 0 Å². The summed E-state index contributed by atoms with van der Waals surface area (Å²) in [7, 11) is 0. The van der Waals surface area contributed by atoms with E-state index in [4.69, 9.17) is 0 Å². The zero-order valence-corrected chi connectivity index (χ0v) is 11.5. The van der Waals surface area contributed by atoms with Crippen molar-refractivity contribution in [3.05, 3.63) is 12.2 Å². The summed E-state index contributed by atoms with van der Waals surface area (Å²) in [5.41, 5.74) is -0.139. The summed E-state index contributed by atoms with van der Waals surface area (Å²) in [6, 6.07) is 0. The van der Waals surface area contributed by atoms with Crippen LogP contribution in [0.2, 0.25) is 0 Å². The predicted octanol–water partition coefficient (Wildman–Crippen LogP) is 2.49. The maximum Gasteiger partial charge on any atom is 0.307 e. The number of carbonyl (C=O) groups excluding carboxylic acids is 1. The highest BCUT2D eigenvalue weighted by Crippen LogP contribution is 2.30. The normalized spacial score (nSPS) is 29.7. The van der Waals surface area contributed by atoms with Gasteiger partial charge in [0.25, 0.3) is 0 Å². The second-order valence-electron chi connectivity index (χ2n) is 6.10. The van der Waals surface area contributed by atoms with Crippen LogP contribution in [0.5, 0.6) is 0 Å². The monoisotopic (exact) mass is 265 g/mol. The lowest BCUT2D eigenvalue weighted by molar-refractivity contribution is -0.147. The lowest BCUT2D eigenvalue weighted by atomic mass is 9.79. The average molecular weight is 265 g/mol. The van der Waals surface area contributed by atoms with Gasteiger partial charge in [0.2, 0.25) is 5.91 Å². The molecule has 0 radical (unpaired) electrons. The van der Waals surface area contributed by atoms with Crippen molar-refractivity contribution in [3.63, 3.8) is 0 Å². The first-order valence-corrected chi connectivity index (χ1v) is 7.22. The van der Waals surface area contributed by atoms with Crippen LogP contribution in [0.25, 0.3) is 0 Å². The number of nitrogens with one attached hydrogen (secondary N) is 1. The maximum absolute atomic E-state index is 12.4. The largest absolute Gasteiger partial charge is 0.481 e. The summed E-state index contributed by atoms with van der Waals surface area (Å²) in [5.74, 6) is -1.93. The van der Waals surface area contributed by atoms with Gasteiger partial charge in [-0.3, -0.25) is 9.59 Å². The first-order chi connectivity index (χ1) is 9.02. The zero-order chi connectivity index (χ0) is 13.9. The van der Waals surface area contributed by atoms with Crippen LogP contribution in [0, 0.1) is 11.8 Å². The summed E-state index contributed by atoms with van der Waals surface area (Å²) < 4.78 is 0. The minimum absolute atomic E-state index is 0.0823. The molecule has 0 heterocycles. The summed E-state index contributed by atoms with van der Waals surface area (Å²) in [4.78, 5) is 23.6. The van der Waals surface area contributed by atoms with Gasteiger partial charge < -0.3 is 10.4 Å². The number of allylic oxidation sites excluding steroid dienone is 2. The summed E-state index contributed by atoms with van der Waals surface area (Å²) in [5, 5.41) is 12.3. The third kappa shape index (κ3) is 3.37. The topological polar surface area (TPSA) is 66.4 Å². The molecule has 2 aliphatic carbocycles. The van der Waals surface area contributed by atoms with Gasteiger partial charge in [-0.1, -0.05) is 31.4 Å². The molecule has 4 heteroatoms. The van der Waals surface area contributed by atoms with Gasteiger partial charge in [0.1, 0.15) is 0 Å². The Morgan fingerprint density at radius 3 is 2.26 bits per heavy atom. The summed E-state index contributed by atoms with van der Waals surface area (Å²) in [6.07, 6.45) is 10.3. The molecule has 1 fully saturated rings. The van der Waals surface area contributed by atoms with Gasteiger partial charge >= 0.3 is 5.97 Å². The highest BCUT2D eigenvalue weighted by atomic mass is 16.4. The van der Waals surface area contributed by atoms with Gasteiger partial charge in [-0.25, -0.2) is 0 Å². The fraction of sp³-hybridized carbons (Fsp3) is 0.733. The molecule has 19 heavy (non-hydrogen) atoms. The molecule has 0 bridgehead atoms. The Hall–Kier alpha value is -1.32. The molecule has 0 aliphatic heterocycles. The fourth-order valence-corrected chi connectivity index (χ4v) is 3.22. The van der Waals surface area contributed by atoms with E-state index in [0.717, 1.165) is 25.7 Å². The van der Waals surface area contributed by atoms with E-state index in [-0.39, 0.29) is 11.4 Å². The quantitative estimate of drug-likeness (QED) is 0.770. The van der Waals surface area contributed by atoms with E-state index in [9.17, 15) is 14.7 Å². The molecule has 2 aliphatic rings. The highest BCUT2D eigenvalue weighted by Gasteiger charge is 2.37. The van der Waals surface area contributed by atoms with Crippen molar-refractivity contribution in [1.82, 2.24) is 5.32 Å². The molecule has 1 amide bonds. The lowest BCUT2D eigenvalue weighted by Gasteiger charge is -2.37. The molecule has 0 aromatic heterocycles. The Labute approximate surface area is 114 Å². The van der Waals surface area contributed by atoms with Crippen LogP contribution in [0.3, 0.4) is 0 Å². The number of aliphatic carboxylic acids is 1.